The zero-order valence-electron chi connectivity index (χ0n) is 8.62. The molecule has 1 aromatic rings. The van der Waals surface area contributed by atoms with Gasteiger partial charge in [0.15, 0.2) is 0 Å². The average Bonchev–Trinajstić information content (AvgIpc) is 2.12. The molecule has 0 bridgehead atoms. The largest absolute Gasteiger partial charge is 0.370 e. The maximum Gasteiger partial charge on any atom is 0.126 e. The molecule has 0 saturated heterocycles. The molecule has 0 radical (unpaired) electrons. The third kappa shape index (κ3) is 4.37. The number of anilines is 1. The molecule has 0 aliphatic carbocycles. The van der Waals surface area contributed by atoms with Gasteiger partial charge < -0.3 is 5.32 Å². The molecule has 3 nitrogen and oxygen atoms in total. The van der Waals surface area contributed by atoms with Crippen LogP contribution >= 0.6 is 0 Å². The van der Waals surface area contributed by atoms with Gasteiger partial charge in [0, 0.05) is 35.5 Å². The summed E-state index contributed by atoms with van der Waals surface area (Å²) < 4.78 is 10.8. The number of aromatic nitrogens is 1. The van der Waals surface area contributed by atoms with Crippen LogP contribution in [-0.2, 0) is 10.8 Å². The topological polar surface area (TPSA) is 42.0 Å². The fourth-order valence-electron chi connectivity index (χ4n) is 1.12. The molecule has 1 N–H and O–H groups in total. The van der Waals surface area contributed by atoms with Crippen LogP contribution in [0.15, 0.2) is 18.3 Å². The standard InChI is InChI=1S/C10H16N2OS/c1-9-4-6-12-10(8-9)11-5-3-7-14(2)13/h4,6,8H,3,5,7H2,1-2H3,(H,11,12). The number of rotatable bonds is 5. The van der Waals surface area contributed by atoms with E-state index < -0.39 is 10.8 Å². The maximum atomic E-state index is 10.8. The van der Waals surface area contributed by atoms with Crippen LogP contribution in [-0.4, -0.2) is 27.7 Å². The third-order valence-corrected chi connectivity index (χ3v) is 2.69. The SMILES string of the molecule is Cc1ccnc(NCCCS(C)=O)c1. The fraction of sp³-hybridized carbons (Fsp3) is 0.500. The van der Waals surface area contributed by atoms with Gasteiger partial charge in [-0.15, -0.1) is 0 Å². The summed E-state index contributed by atoms with van der Waals surface area (Å²) in [4.78, 5) is 4.17. The molecule has 0 aliphatic heterocycles. The first-order valence-electron chi connectivity index (χ1n) is 4.65. The Morgan fingerprint density at radius 3 is 3.00 bits per heavy atom. The van der Waals surface area contributed by atoms with Crippen LogP contribution in [0.1, 0.15) is 12.0 Å². The van der Waals surface area contributed by atoms with E-state index in [1.54, 1.807) is 12.5 Å². The van der Waals surface area contributed by atoms with Gasteiger partial charge in [-0.25, -0.2) is 4.98 Å². The van der Waals surface area contributed by atoms with Crippen molar-refractivity contribution in [2.24, 2.45) is 0 Å². The van der Waals surface area contributed by atoms with Gasteiger partial charge in [-0.2, -0.15) is 0 Å². The van der Waals surface area contributed by atoms with E-state index in [9.17, 15) is 4.21 Å². The van der Waals surface area contributed by atoms with Gasteiger partial charge in [-0.05, 0) is 31.0 Å². The van der Waals surface area contributed by atoms with E-state index in [2.05, 4.69) is 10.3 Å². The van der Waals surface area contributed by atoms with Crippen LogP contribution in [0.5, 0.6) is 0 Å². The van der Waals surface area contributed by atoms with Gasteiger partial charge in [0.1, 0.15) is 5.82 Å². The number of hydrogen-bond donors (Lipinski definition) is 1. The van der Waals surface area contributed by atoms with Crippen molar-refractivity contribution in [2.45, 2.75) is 13.3 Å². The van der Waals surface area contributed by atoms with Crippen molar-refractivity contribution in [3.05, 3.63) is 23.9 Å². The Morgan fingerprint density at radius 1 is 1.57 bits per heavy atom. The van der Waals surface area contributed by atoms with Crippen molar-refractivity contribution in [2.75, 3.05) is 23.9 Å². The fourth-order valence-corrected chi connectivity index (χ4v) is 1.68. The second kappa shape index (κ2) is 5.75. The number of aryl methyl sites for hydroxylation is 1. The molecule has 0 spiro atoms. The van der Waals surface area contributed by atoms with E-state index >= 15 is 0 Å². The summed E-state index contributed by atoms with van der Waals surface area (Å²) >= 11 is 0. The number of nitrogens with zero attached hydrogens (tertiary/aromatic N) is 1. The van der Waals surface area contributed by atoms with E-state index in [4.69, 9.17) is 0 Å². The van der Waals surface area contributed by atoms with Crippen LogP contribution in [0.25, 0.3) is 0 Å². The Morgan fingerprint density at radius 2 is 2.36 bits per heavy atom. The van der Waals surface area contributed by atoms with Gasteiger partial charge in [-0.1, -0.05) is 0 Å². The van der Waals surface area contributed by atoms with E-state index in [0.29, 0.717) is 0 Å². The van der Waals surface area contributed by atoms with Crippen molar-refractivity contribution in [1.82, 2.24) is 4.98 Å². The molecule has 78 valence electrons. The Hall–Kier alpha value is -0.900. The highest BCUT2D eigenvalue weighted by atomic mass is 32.2. The lowest BCUT2D eigenvalue weighted by molar-refractivity contribution is 0.685. The lowest BCUT2D eigenvalue weighted by atomic mass is 10.3. The summed E-state index contributed by atoms with van der Waals surface area (Å²) in [6, 6.07) is 3.97. The average molecular weight is 212 g/mol. The van der Waals surface area contributed by atoms with E-state index in [-0.39, 0.29) is 0 Å². The first-order valence-corrected chi connectivity index (χ1v) is 6.38. The van der Waals surface area contributed by atoms with Crippen molar-refractivity contribution >= 4 is 16.6 Å². The molecule has 1 aromatic heterocycles. The minimum atomic E-state index is -0.688. The lowest BCUT2D eigenvalue weighted by Crippen LogP contribution is -2.07. The Kier molecular flexibility index (Phi) is 4.59. The van der Waals surface area contributed by atoms with Gasteiger partial charge in [0.05, 0.1) is 0 Å². The van der Waals surface area contributed by atoms with E-state index in [0.717, 1.165) is 24.5 Å². The normalized spacial score (nSPS) is 12.4. The molecular formula is C10H16N2OS. The Bertz CT molecular complexity index is 315. The summed E-state index contributed by atoms with van der Waals surface area (Å²) in [6.07, 6.45) is 4.43. The van der Waals surface area contributed by atoms with Crippen LogP contribution in [0.4, 0.5) is 5.82 Å². The minimum Gasteiger partial charge on any atom is -0.370 e. The summed E-state index contributed by atoms with van der Waals surface area (Å²) in [7, 11) is -0.688. The molecule has 1 unspecified atom stereocenters. The van der Waals surface area contributed by atoms with Gasteiger partial charge in [0.2, 0.25) is 0 Å². The summed E-state index contributed by atoms with van der Waals surface area (Å²) in [5, 5.41) is 3.20. The number of pyridine rings is 1. The van der Waals surface area contributed by atoms with E-state index in [1.807, 2.05) is 19.1 Å². The second-order valence-electron chi connectivity index (χ2n) is 3.28. The minimum absolute atomic E-state index is 0.688. The molecular weight excluding hydrogens is 196 g/mol. The van der Waals surface area contributed by atoms with E-state index in [1.165, 1.54) is 5.56 Å². The molecule has 0 fully saturated rings. The summed E-state index contributed by atoms with van der Waals surface area (Å²) in [5.74, 6) is 1.64. The molecule has 0 aliphatic rings. The van der Waals surface area contributed by atoms with Crippen LogP contribution in [0.3, 0.4) is 0 Å². The van der Waals surface area contributed by atoms with Crippen molar-refractivity contribution in [3.63, 3.8) is 0 Å². The molecule has 1 rings (SSSR count). The molecule has 0 saturated carbocycles. The van der Waals surface area contributed by atoms with Crippen LogP contribution < -0.4 is 5.32 Å². The van der Waals surface area contributed by atoms with Gasteiger partial charge >= 0.3 is 0 Å². The third-order valence-electron chi connectivity index (χ3n) is 1.83. The summed E-state index contributed by atoms with van der Waals surface area (Å²) in [6.45, 7) is 2.87. The number of hydrogen-bond acceptors (Lipinski definition) is 3. The number of nitrogens with one attached hydrogen (secondary N) is 1. The molecule has 0 amide bonds. The lowest BCUT2D eigenvalue weighted by Gasteiger charge is -2.04. The molecule has 14 heavy (non-hydrogen) atoms. The molecule has 0 aromatic carbocycles. The van der Waals surface area contributed by atoms with Gasteiger partial charge in [-0.3, -0.25) is 4.21 Å². The maximum absolute atomic E-state index is 10.8. The zero-order chi connectivity index (χ0) is 10.4. The summed E-state index contributed by atoms with van der Waals surface area (Å²) in [5.41, 5.74) is 1.20. The first kappa shape index (κ1) is 11.2. The van der Waals surface area contributed by atoms with Crippen molar-refractivity contribution in [3.8, 4) is 0 Å². The van der Waals surface area contributed by atoms with Crippen LogP contribution in [0.2, 0.25) is 0 Å². The highest BCUT2D eigenvalue weighted by molar-refractivity contribution is 7.84. The smallest absolute Gasteiger partial charge is 0.126 e. The zero-order valence-corrected chi connectivity index (χ0v) is 9.43. The highest BCUT2D eigenvalue weighted by Crippen LogP contribution is 2.04. The van der Waals surface area contributed by atoms with Crippen molar-refractivity contribution in [1.29, 1.82) is 0 Å². The Labute approximate surface area is 87.4 Å². The second-order valence-corrected chi connectivity index (χ2v) is 4.83. The molecule has 1 heterocycles. The molecule has 1 atom stereocenters. The quantitative estimate of drug-likeness (QED) is 0.753. The predicted octanol–water partition coefficient (Wildman–Crippen LogP) is 1.57. The van der Waals surface area contributed by atoms with Gasteiger partial charge in [0.25, 0.3) is 0 Å². The highest BCUT2D eigenvalue weighted by Gasteiger charge is 1.94. The first-order chi connectivity index (χ1) is 6.68. The van der Waals surface area contributed by atoms with Crippen LogP contribution in [0, 0.1) is 6.92 Å². The predicted molar refractivity (Wildman–Crippen MR) is 61.0 cm³/mol. The molecule has 4 heteroatoms. The monoisotopic (exact) mass is 212 g/mol. The Balaban J connectivity index is 2.28. The van der Waals surface area contributed by atoms with Crippen molar-refractivity contribution < 1.29 is 4.21 Å².